The fraction of sp³-hybridized carbons (Fsp3) is 0.250. The van der Waals surface area contributed by atoms with Crippen LogP contribution in [0.25, 0.3) is 0 Å². The van der Waals surface area contributed by atoms with Gasteiger partial charge in [0.25, 0.3) is 6.47 Å². The summed E-state index contributed by atoms with van der Waals surface area (Å²) in [6, 6.07) is 14.6. The van der Waals surface area contributed by atoms with E-state index in [0.29, 0.717) is 36.0 Å². The average Bonchev–Trinajstić information content (AvgIpc) is 2.78. The first kappa shape index (κ1) is 24.3. The van der Waals surface area contributed by atoms with Gasteiger partial charge in [-0.1, -0.05) is 30.3 Å². The SMILES string of the molecule is CC(C)(C)OC=O.COC(=O)c1cc(OCc2ccccc2)cc(Oc2cnccn2)c1. The second kappa shape index (κ2) is 12.0. The Bertz CT molecular complexity index is 988. The van der Waals surface area contributed by atoms with Crippen LogP contribution in [-0.2, 0) is 20.9 Å². The molecule has 1 aromatic heterocycles. The van der Waals surface area contributed by atoms with Gasteiger partial charge in [-0.15, -0.1) is 0 Å². The van der Waals surface area contributed by atoms with E-state index in [9.17, 15) is 9.59 Å². The van der Waals surface area contributed by atoms with E-state index >= 15 is 0 Å². The molecule has 0 saturated carbocycles. The number of benzene rings is 2. The van der Waals surface area contributed by atoms with Crippen LogP contribution in [0.3, 0.4) is 0 Å². The predicted octanol–water partition coefficient (Wildman–Crippen LogP) is 4.59. The van der Waals surface area contributed by atoms with Gasteiger partial charge in [0.05, 0.1) is 18.9 Å². The van der Waals surface area contributed by atoms with Crippen molar-refractivity contribution in [2.75, 3.05) is 7.11 Å². The Morgan fingerprint density at radius 3 is 2.31 bits per heavy atom. The number of ether oxygens (including phenoxy) is 4. The van der Waals surface area contributed by atoms with Crippen molar-refractivity contribution in [3.05, 3.63) is 78.2 Å². The second-order valence-corrected chi connectivity index (χ2v) is 7.43. The minimum Gasteiger partial charge on any atom is -0.489 e. The average molecular weight is 438 g/mol. The summed E-state index contributed by atoms with van der Waals surface area (Å²) in [5.41, 5.74) is 1.02. The molecule has 0 spiro atoms. The molecular weight excluding hydrogens is 412 g/mol. The van der Waals surface area contributed by atoms with E-state index in [1.807, 2.05) is 51.1 Å². The minimum absolute atomic E-state index is 0.318. The largest absolute Gasteiger partial charge is 0.489 e. The highest BCUT2D eigenvalue weighted by Crippen LogP contribution is 2.27. The first-order valence-electron chi connectivity index (χ1n) is 9.76. The fourth-order valence-electron chi connectivity index (χ4n) is 2.29. The van der Waals surface area contributed by atoms with Crippen molar-refractivity contribution in [2.45, 2.75) is 33.0 Å². The summed E-state index contributed by atoms with van der Waals surface area (Å²) in [5, 5.41) is 0. The van der Waals surface area contributed by atoms with Gasteiger partial charge in [0.15, 0.2) is 0 Å². The number of hydrogen-bond acceptors (Lipinski definition) is 8. The molecule has 3 rings (SSSR count). The van der Waals surface area contributed by atoms with Crippen LogP contribution in [0.2, 0.25) is 0 Å². The van der Waals surface area contributed by atoms with E-state index in [0.717, 1.165) is 5.56 Å². The normalized spacial score (nSPS) is 10.2. The molecule has 3 aromatic rings. The third-order valence-electron chi connectivity index (χ3n) is 3.71. The number of esters is 1. The molecule has 0 aliphatic carbocycles. The molecule has 2 aromatic carbocycles. The maximum absolute atomic E-state index is 11.9. The van der Waals surface area contributed by atoms with Crippen molar-refractivity contribution in [3.8, 4) is 17.4 Å². The van der Waals surface area contributed by atoms with Gasteiger partial charge in [0.2, 0.25) is 5.88 Å². The number of carbonyl (C=O) groups is 2. The fourth-order valence-corrected chi connectivity index (χ4v) is 2.29. The van der Waals surface area contributed by atoms with Crippen LogP contribution in [0, 0.1) is 0 Å². The Morgan fingerprint density at radius 2 is 1.75 bits per heavy atom. The number of hydrogen-bond donors (Lipinski definition) is 0. The zero-order chi connectivity index (χ0) is 23.4. The molecule has 0 bridgehead atoms. The Labute approximate surface area is 187 Å². The third kappa shape index (κ3) is 8.83. The summed E-state index contributed by atoms with van der Waals surface area (Å²) >= 11 is 0. The van der Waals surface area contributed by atoms with Crippen molar-refractivity contribution in [2.24, 2.45) is 0 Å². The van der Waals surface area contributed by atoms with E-state index < -0.39 is 5.97 Å². The van der Waals surface area contributed by atoms with Gasteiger partial charge in [-0.25, -0.2) is 9.78 Å². The molecule has 0 radical (unpaired) electrons. The van der Waals surface area contributed by atoms with Gasteiger partial charge in [0, 0.05) is 18.5 Å². The summed E-state index contributed by atoms with van der Waals surface area (Å²) < 4.78 is 20.8. The smallest absolute Gasteiger partial charge is 0.338 e. The van der Waals surface area contributed by atoms with Gasteiger partial charge < -0.3 is 18.9 Å². The molecule has 0 unspecified atom stereocenters. The Morgan fingerprint density at radius 1 is 1.03 bits per heavy atom. The first-order chi connectivity index (χ1) is 15.3. The Kier molecular flexibility index (Phi) is 9.16. The quantitative estimate of drug-likeness (QED) is 0.390. The molecule has 0 aliphatic heterocycles. The molecule has 32 heavy (non-hydrogen) atoms. The van der Waals surface area contributed by atoms with Crippen LogP contribution in [0.15, 0.2) is 67.1 Å². The summed E-state index contributed by atoms with van der Waals surface area (Å²) in [5.74, 6) is 0.741. The lowest BCUT2D eigenvalue weighted by atomic mass is 10.2. The summed E-state index contributed by atoms with van der Waals surface area (Å²) in [4.78, 5) is 29.5. The number of nitrogens with zero attached hydrogens (tertiary/aromatic N) is 2. The number of carbonyl (C=O) groups excluding carboxylic acids is 2. The van der Waals surface area contributed by atoms with Crippen LogP contribution in [0.5, 0.6) is 17.4 Å². The lowest BCUT2D eigenvalue weighted by molar-refractivity contribution is -0.138. The third-order valence-corrected chi connectivity index (χ3v) is 3.71. The monoisotopic (exact) mass is 438 g/mol. The summed E-state index contributed by atoms with van der Waals surface area (Å²) in [7, 11) is 1.32. The Balaban J connectivity index is 0.000000451. The molecule has 0 aliphatic rings. The summed E-state index contributed by atoms with van der Waals surface area (Å²) in [6.07, 6.45) is 4.55. The van der Waals surface area contributed by atoms with Gasteiger partial charge >= 0.3 is 5.97 Å². The number of methoxy groups -OCH3 is 1. The Hall–Kier alpha value is -3.94. The van der Waals surface area contributed by atoms with E-state index in [2.05, 4.69) is 14.7 Å². The molecule has 1 heterocycles. The van der Waals surface area contributed by atoms with Gasteiger partial charge in [-0.2, -0.15) is 0 Å². The lowest BCUT2D eigenvalue weighted by Gasteiger charge is -2.14. The topological polar surface area (TPSA) is 96.8 Å². The number of aromatic nitrogens is 2. The molecule has 0 N–H and O–H groups in total. The van der Waals surface area contributed by atoms with Crippen molar-refractivity contribution in [3.63, 3.8) is 0 Å². The van der Waals surface area contributed by atoms with Crippen molar-refractivity contribution >= 4 is 12.4 Å². The molecule has 0 saturated heterocycles. The number of rotatable bonds is 7. The van der Waals surface area contributed by atoms with E-state index in [1.54, 1.807) is 24.4 Å². The standard InChI is InChI=1S/C19H16N2O4.C5H10O2/c1-23-19(22)15-9-16(24-13-14-5-3-2-4-6-14)11-17(10-15)25-18-12-20-7-8-21-18;1-5(2,3)7-4-6/h2-12H,13H2,1H3;4H,1-3H3. The van der Waals surface area contributed by atoms with Gasteiger partial charge in [-0.3, -0.25) is 9.78 Å². The van der Waals surface area contributed by atoms with E-state index in [1.165, 1.54) is 19.5 Å². The highest BCUT2D eigenvalue weighted by molar-refractivity contribution is 5.90. The van der Waals surface area contributed by atoms with Gasteiger partial charge in [-0.05, 0) is 38.5 Å². The minimum atomic E-state index is -0.478. The van der Waals surface area contributed by atoms with Crippen LogP contribution < -0.4 is 9.47 Å². The zero-order valence-corrected chi connectivity index (χ0v) is 18.5. The lowest BCUT2D eigenvalue weighted by Crippen LogP contribution is -2.17. The molecule has 0 fully saturated rings. The van der Waals surface area contributed by atoms with Crippen LogP contribution in [0.1, 0.15) is 36.7 Å². The molecule has 8 heteroatoms. The van der Waals surface area contributed by atoms with Crippen molar-refractivity contribution in [1.29, 1.82) is 0 Å². The zero-order valence-electron chi connectivity index (χ0n) is 18.5. The second-order valence-electron chi connectivity index (χ2n) is 7.43. The molecule has 168 valence electrons. The van der Waals surface area contributed by atoms with Crippen molar-refractivity contribution in [1.82, 2.24) is 9.97 Å². The maximum Gasteiger partial charge on any atom is 0.338 e. The highest BCUT2D eigenvalue weighted by atomic mass is 16.5. The first-order valence-corrected chi connectivity index (χ1v) is 9.76. The molecule has 0 amide bonds. The van der Waals surface area contributed by atoms with Crippen LogP contribution in [0.4, 0.5) is 0 Å². The molecule has 8 nitrogen and oxygen atoms in total. The molecule has 0 atom stereocenters. The van der Waals surface area contributed by atoms with E-state index in [4.69, 9.17) is 14.2 Å². The van der Waals surface area contributed by atoms with Crippen LogP contribution in [-0.4, -0.2) is 35.1 Å². The van der Waals surface area contributed by atoms with Gasteiger partial charge in [0.1, 0.15) is 23.7 Å². The molecular formula is C24H26N2O6. The van der Waals surface area contributed by atoms with Crippen molar-refractivity contribution < 1.29 is 28.5 Å². The summed E-state index contributed by atoms with van der Waals surface area (Å²) in [6.45, 7) is 6.29. The van der Waals surface area contributed by atoms with E-state index in [-0.39, 0.29) is 5.60 Å². The highest BCUT2D eigenvalue weighted by Gasteiger charge is 2.12. The predicted molar refractivity (Wildman–Crippen MR) is 118 cm³/mol. The maximum atomic E-state index is 11.9. The van der Waals surface area contributed by atoms with Crippen LogP contribution >= 0.6 is 0 Å².